The number of carbonyl (C=O) groups is 4. The molecule has 10 rings (SSSR count). The molecule has 5 atom stereocenters. The highest BCUT2D eigenvalue weighted by Gasteiger charge is 2.40. The van der Waals surface area contributed by atoms with Crippen molar-refractivity contribution >= 4 is 46.0 Å². The van der Waals surface area contributed by atoms with Crippen LogP contribution in [0.4, 0.5) is 14.0 Å². The van der Waals surface area contributed by atoms with Gasteiger partial charge in [0.25, 0.3) is 12.1 Å². The Morgan fingerprint density at radius 1 is 0.768 bits per heavy atom. The second kappa shape index (κ2) is 18.1. The molecule has 3 aromatic carbocycles. The van der Waals surface area contributed by atoms with Crippen molar-refractivity contribution in [1.82, 2.24) is 49.9 Å². The summed E-state index contributed by atoms with van der Waals surface area (Å²) in [6, 6.07) is 16.2. The molecule has 0 saturated carbocycles. The van der Waals surface area contributed by atoms with E-state index in [1.807, 2.05) is 80.8 Å². The van der Waals surface area contributed by atoms with Gasteiger partial charge in [-0.15, -0.1) is 0 Å². The summed E-state index contributed by atoms with van der Waals surface area (Å²) in [5, 5.41) is 6.16. The summed E-state index contributed by atoms with van der Waals surface area (Å²) in [7, 11) is 2.53. The van der Waals surface area contributed by atoms with Crippen LogP contribution in [0.1, 0.15) is 89.2 Å². The highest BCUT2D eigenvalue weighted by molar-refractivity contribution is 5.93. The van der Waals surface area contributed by atoms with Crippen LogP contribution in [0, 0.1) is 17.7 Å². The number of halogens is 1. The normalized spacial score (nSPS) is 18.6. The van der Waals surface area contributed by atoms with Crippen LogP contribution in [0.5, 0.6) is 5.75 Å². The van der Waals surface area contributed by atoms with E-state index in [1.165, 1.54) is 20.3 Å². The first-order chi connectivity index (χ1) is 33.3. The zero-order valence-corrected chi connectivity index (χ0v) is 39.0. The molecule has 18 nitrogen and oxygen atoms in total. The number of benzene rings is 3. The first kappa shape index (κ1) is 45.1. The number of aromatic amines is 2. The quantitative estimate of drug-likeness (QED) is 0.0966. The number of imidazole rings is 2. The van der Waals surface area contributed by atoms with Crippen molar-refractivity contribution in [2.24, 2.45) is 11.8 Å². The molecule has 358 valence electrons. The average molecular weight is 941 g/mol. The maximum absolute atomic E-state index is 16.9. The van der Waals surface area contributed by atoms with Crippen LogP contribution >= 0.6 is 0 Å². The molecule has 0 bridgehead atoms. The summed E-state index contributed by atoms with van der Waals surface area (Å²) in [5.41, 5.74) is 5.32. The van der Waals surface area contributed by atoms with Gasteiger partial charge in [-0.3, -0.25) is 14.2 Å². The van der Waals surface area contributed by atoms with Gasteiger partial charge < -0.3 is 49.0 Å². The number of carbonyl (C=O) groups excluding carboxylic acids is 4. The second-order valence-corrected chi connectivity index (χ2v) is 18.5. The van der Waals surface area contributed by atoms with Crippen LogP contribution in [-0.4, -0.2) is 103 Å². The molecule has 0 spiro atoms. The first-order valence-electron chi connectivity index (χ1n) is 23.2. The number of aromatic nitrogens is 6. The number of rotatable bonds is 11. The lowest BCUT2D eigenvalue weighted by Gasteiger charge is -2.30. The molecule has 4 amide bonds. The Morgan fingerprint density at radius 3 is 1.94 bits per heavy atom. The van der Waals surface area contributed by atoms with E-state index in [9.17, 15) is 19.2 Å². The van der Waals surface area contributed by atoms with Crippen LogP contribution in [0.15, 0.2) is 77.5 Å². The molecule has 3 aliphatic heterocycles. The van der Waals surface area contributed by atoms with Gasteiger partial charge in [0.1, 0.15) is 40.8 Å². The Hall–Kier alpha value is -7.70. The molecule has 0 aliphatic carbocycles. The van der Waals surface area contributed by atoms with E-state index in [4.69, 9.17) is 28.6 Å². The number of likely N-dealkylation sites (tertiary alicyclic amines) is 2. The number of ether oxygens (including phenoxy) is 3. The fraction of sp³-hybridized carbons (Fsp3) is 0.380. The van der Waals surface area contributed by atoms with E-state index in [0.29, 0.717) is 65.6 Å². The SMILES string of the molecule is COC(=O)N[C@H](C(=O)N1CCC[C@H]1c1ncc(-c2cc(F)c3c(c2)OC(c2nc4ccccc4o2)n2c-3cc3cc(-c4cnc([C@@H]5CCCN5C(=O)[C@@H](NC(=O)OC)C(C)C)[nH]4)ccc32)[nH]1)C(C)C. The van der Waals surface area contributed by atoms with Crippen LogP contribution in [0.2, 0.25) is 0 Å². The topological polar surface area (TPSA) is 215 Å². The van der Waals surface area contributed by atoms with E-state index < -0.39 is 36.3 Å². The molecular weight excluding hydrogens is 888 g/mol. The van der Waals surface area contributed by atoms with Crippen molar-refractivity contribution in [3.63, 3.8) is 0 Å². The number of hydrogen-bond acceptors (Lipinski definition) is 11. The van der Waals surface area contributed by atoms with Crippen molar-refractivity contribution in [3.05, 3.63) is 96.4 Å². The first-order valence-corrected chi connectivity index (χ1v) is 23.2. The molecule has 2 saturated heterocycles. The van der Waals surface area contributed by atoms with Gasteiger partial charge in [-0.25, -0.2) is 28.9 Å². The number of fused-ring (bicyclic) bond motifs is 6. The lowest BCUT2D eigenvalue weighted by molar-refractivity contribution is -0.136. The number of nitrogens with zero attached hydrogens (tertiary/aromatic N) is 6. The third-order valence-electron chi connectivity index (χ3n) is 13.4. The number of para-hydroxylation sites is 2. The van der Waals surface area contributed by atoms with Gasteiger partial charge in [0.05, 0.1) is 66.9 Å². The predicted octanol–water partition coefficient (Wildman–Crippen LogP) is 8.40. The monoisotopic (exact) mass is 940 g/mol. The molecule has 4 aromatic heterocycles. The fourth-order valence-electron chi connectivity index (χ4n) is 9.95. The summed E-state index contributed by atoms with van der Waals surface area (Å²) in [6.07, 6.45) is 3.98. The Balaban J connectivity index is 0.979. The van der Waals surface area contributed by atoms with Gasteiger partial charge in [0, 0.05) is 29.6 Å². The Kier molecular flexibility index (Phi) is 11.8. The van der Waals surface area contributed by atoms with Crippen molar-refractivity contribution in [2.75, 3.05) is 27.3 Å². The molecule has 4 N–H and O–H groups in total. The van der Waals surface area contributed by atoms with Gasteiger partial charge >= 0.3 is 12.2 Å². The van der Waals surface area contributed by atoms with Gasteiger partial charge in [-0.2, -0.15) is 0 Å². The van der Waals surface area contributed by atoms with Gasteiger partial charge in [-0.05, 0) is 80.0 Å². The minimum Gasteiger partial charge on any atom is -0.460 e. The molecule has 1 unspecified atom stereocenters. The summed E-state index contributed by atoms with van der Waals surface area (Å²) in [5.74, 6) is 0.413. The van der Waals surface area contributed by atoms with Gasteiger partial charge in [0.2, 0.25) is 11.8 Å². The highest BCUT2D eigenvalue weighted by Crippen LogP contribution is 2.48. The van der Waals surface area contributed by atoms with Gasteiger partial charge in [0.15, 0.2) is 5.58 Å². The van der Waals surface area contributed by atoms with Crippen LogP contribution in [-0.2, 0) is 19.1 Å². The van der Waals surface area contributed by atoms with E-state index >= 15 is 4.39 Å². The molecule has 0 radical (unpaired) electrons. The lowest BCUT2D eigenvalue weighted by atomic mass is 10.0. The largest absolute Gasteiger partial charge is 0.460 e. The van der Waals surface area contributed by atoms with Crippen molar-refractivity contribution in [3.8, 4) is 39.5 Å². The molecular formula is C50H53FN10O8. The van der Waals surface area contributed by atoms with E-state index in [1.54, 1.807) is 28.3 Å². The number of oxazole rings is 1. The predicted molar refractivity (Wildman–Crippen MR) is 251 cm³/mol. The van der Waals surface area contributed by atoms with E-state index in [0.717, 1.165) is 35.0 Å². The maximum atomic E-state index is 16.9. The number of H-pyrrole nitrogens is 2. The number of hydrogen-bond donors (Lipinski definition) is 4. The smallest absolute Gasteiger partial charge is 0.407 e. The Bertz CT molecular complexity index is 3080. The van der Waals surface area contributed by atoms with Gasteiger partial charge in [-0.1, -0.05) is 45.9 Å². The van der Waals surface area contributed by atoms with Crippen LogP contribution in [0.25, 0.3) is 55.8 Å². The minimum atomic E-state index is -0.922. The molecule has 2 fully saturated rings. The summed E-state index contributed by atoms with van der Waals surface area (Å²) >= 11 is 0. The average Bonchev–Trinajstić information content (AvgIpc) is 4.21. The van der Waals surface area contributed by atoms with Crippen LogP contribution < -0.4 is 15.4 Å². The number of amides is 4. The Morgan fingerprint density at radius 2 is 1.36 bits per heavy atom. The van der Waals surface area contributed by atoms with Crippen molar-refractivity contribution < 1.29 is 42.2 Å². The molecule has 3 aliphatic rings. The number of nitrogens with one attached hydrogen (secondary N) is 4. The number of alkyl carbamates (subject to hydrolysis) is 2. The highest BCUT2D eigenvalue weighted by atomic mass is 19.1. The van der Waals surface area contributed by atoms with E-state index in [-0.39, 0.29) is 52.9 Å². The molecule has 69 heavy (non-hydrogen) atoms. The van der Waals surface area contributed by atoms with Crippen LogP contribution in [0.3, 0.4) is 0 Å². The second-order valence-electron chi connectivity index (χ2n) is 18.5. The zero-order valence-electron chi connectivity index (χ0n) is 39.0. The fourth-order valence-corrected chi connectivity index (χ4v) is 9.95. The zero-order chi connectivity index (χ0) is 48.2. The maximum Gasteiger partial charge on any atom is 0.407 e. The summed E-state index contributed by atoms with van der Waals surface area (Å²) in [4.78, 5) is 76.4. The Labute approximate surface area is 395 Å². The van der Waals surface area contributed by atoms with E-state index in [2.05, 4.69) is 25.6 Å². The molecule has 7 aromatic rings. The number of methoxy groups -OCH3 is 2. The summed E-state index contributed by atoms with van der Waals surface area (Å²) in [6.45, 7) is 8.49. The summed E-state index contributed by atoms with van der Waals surface area (Å²) < 4.78 is 41.5. The molecule has 19 heteroatoms. The third kappa shape index (κ3) is 8.18. The standard InChI is InChI=1S/C50H53FN10O8/c1-25(2)41(57-49(64)66-5)46(62)59-17-9-12-35(59)43-52-23-32(54-43)27-15-16-34-29(19-27)21-37-40-30(51)20-28(22-39(40)69-48(61(34)37)45-56-31-11-7-8-14-38(31)68-45)33-24-53-44(55-33)36-13-10-18-60(36)47(63)42(26(3)4)58-50(65)67-6/h7-8,11,14-16,19-26,35-36,41-42,48H,9-10,12-13,17-18H2,1-6H3,(H,52,54)(H,53,55)(H,57,64)(H,58,65)/t35-,36-,41-,42-,48?/m0/s1. The molecule has 7 heterocycles. The van der Waals surface area contributed by atoms with Crippen molar-refractivity contribution in [2.45, 2.75) is 83.8 Å². The van der Waals surface area contributed by atoms with Crippen molar-refractivity contribution in [1.29, 1.82) is 0 Å². The lowest BCUT2D eigenvalue weighted by Crippen LogP contribution is -2.51. The minimum absolute atomic E-state index is 0.166. The third-order valence-corrected chi connectivity index (χ3v) is 13.4.